The number of fused-ring (bicyclic) bond motifs is 1. The Hall–Kier alpha value is -2.85. The number of halogens is 3. The lowest BCUT2D eigenvalue weighted by atomic mass is 10.1. The number of carbonyl (C=O) groups is 1. The number of nitrogens with one attached hydrogen (secondary N) is 1. The van der Waals surface area contributed by atoms with Gasteiger partial charge in [0.05, 0.1) is 36.3 Å². The average Bonchev–Trinajstić information content (AvgIpc) is 3.16. The number of thiazole rings is 1. The van der Waals surface area contributed by atoms with E-state index in [2.05, 4.69) is 15.2 Å². The number of benzene rings is 2. The number of hydrogen-bond acceptors (Lipinski definition) is 6. The third-order valence-electron chi connectivity index (χ3n) is 4.73. The van der Waals surface area contributed by atoms with Crippen molar-refractivity contribution in [3.63, 3.8) is 0 Å². The van der Waals surface area contributed by atoms with Gasteiger partial charge < -0.3 is 14.4 Å². The number of anilines is 2. The molecule has 0 bridgehead atoms. The average molecular weight is 437 g/mol. The zero-order valence-electron chi connectivity index (χ0n) is 16.0. The quantitative estimate of drug-likeness (QED) is 0.655. The monoisotopic (exact) mass is 437 g/mol. The van der Waals surface area contributed by atoms with Gasteiger partial charge in [-0.25, -0.2) is 4.98 Å². The number of ether oxygens (including phenoxy) is 2. The molecule has 0 aliphatic carbocycles. The van der Waals surface area contributed by atoms with Crippen LogP contribution in [0.1, 0.15) is 15.9 Å². The van der Waals surface area contributed by atoms with Crippen LogP contribution in [0.15, 0.2) is 36.4 Å². The van der Waals surface area contributed by atoms with Gasteiger partial charge >= 0.3 is 6.18 Å². The molecule has 10 heteroatoms. The molecule has 158 valence electrons. The normalized spacial score (nSPS) is 14.7. The smallest absolute Gasteiger partial charge is 0.416 e. The van der Waals surface area contributed by atoms with Crippen LogP contribution in [0.4, 0.5) is 24.0 Å². The zero-order valence-corrected chi connectivity index (χ0v) is 16.8. The summed E-state index contributed by atoms with van der Waals surface area (Å²) in [6, 6.07) is 8.03. The summed E-state index contributed by atoms with van der Waals surface area (Å²) in [6.07, 6.45) is -4.52. The van der Waals surface area contributed by atoms with E-state index in [0.717, 1.165) is 35.6 Å². The summed E-state index contributed by atoms with van der Waals surface area (Å²) >= 11 is 1.25. The van der Waals surface area contributed by atoms with Gasteiger partial charge in [-0.2, -0.15) is 13.2 Å². The molecule has 1 aliphatic heterocycles. The minimum absolute atomic E-state index is 0.0931. The van der Waals surface area contributed by atoms with E-state index in [4.69, 9.17) is 9.47 Å². The molecule has 30 heavy (non-hydrogen) atoms. The van der Waals surface area contributed by atoms with E-state index in [1.54, 1.807) is 0 Å². The third kappa shape index (κ3) is 4.05. The molecule has 6 nitrogen and oxygen atoms in total. The molecule has 2 heterocycles. The number of hydrogen-bond donors (Lipinski definition) is 1. The minimum Gasteiger partial charge on any atom is -0.494 e. The first-order chi connectivity index (χ1) is 14.4. The van der Waals surface area contributed by atoms with E-state index in [9.17, 15) is 18.0 Å². The van der Waals surface area contributed by atoms with Crippen molar-refractivity contribution in [2.24, 2.45) is 0 Å². The van der Waals surface area contributed by atoms with Crippen LogP contribution in [-0.2, 0) is 10.9 Å². The first kappa shape index (κ1) is 20.4. The molecule has 4 rings (SSSR count). The first-order valence-electron chi connectivity index (χ1n) is 9.15. The molecular formula is C20H18F3N3O3S. The lowest BCUT2D eigenvalue weighted by Gasteiger charge is -2.29. The van der Waals surface area contributed by atoms with Crippen molar-refractivity contribution in [1.82, 2.24) is 4.98 Å². The predicted molar refractivity (Wildman–Crippen MR) is 109 cm³/mol. The van der Waals surface area contributed by atoms with Gasteiger partial charge in [-0.1, -0.05) is 17.4 Å². The first-order valence-corrected chi connectivity index (χ1v) is 9.97. The van der Waals surface area contributed by atoms with Gasteiger partial charge in [-0.15, -0.1) is 0 Å². The van der Waals surface area contributed by atoms with Gasteiger partial charge in [0.15, 0.2) is 5.13 Å². The molecule has 0 atom stereocenters. The van der Waals surface area contributed by atoms with E-state index in [-0.39, 0.29) is 10.7 Å². The standard InChI is InChI=1S/C20H18F3N3O3S/c1-28-15-6-5-14(26-7-9-29-10-8-26)17-16(15)24-19(30-17)25-18(27)12-3-2-4-13(11-12)20(21,22)23/h2-6,11H,7-10H2,1H3,(H,24,25,27). The zero-order chi connectivity index (χ0) is 21.3. The van der Waals surface area contributed by atoms with E-state index in [1.807, 2.05) is 12.1 Å². The Morgan fingerprint density at radius 1 is 1.23 bits per heavy atom. The van der Waals surface area contributed by atoms with Gasteiger partial charge in [0.2, 0.25) is 0 Å². The number of aromatic nitrogens is 1. The number of morpholine rings is 1. The van der Waals surface area contributed by atoms with Gasteiger partial charge in [-0.3, -0.25) is 10.1 Å². The lowest BCUT2D eigenvalue weighted by molar-refractivity contribution is -0.137. The highest BCUT2D eigenvalue weighted by Gasteiger charge is 2.31. The van der Waals surface area contributed by atoms with Crippen molar-refractivity contribution in [2.45, 2.75) is 6.18 Å². The summed E-state index contributed by atoms with van der Waals surface area (Å²) in [5.41, 5.74) is 0.567. The molecule has 3 aromatic rings. The molecule has 1 N–H and O–H groups in total. The van der Waals surface area contributed by atoms with Crippen molar-refractivity contribution in [1.29, 1.82) is 0 Å². The maximum atomic E-state index is 12.9. The lowest BCUT2D eigenvalue weighted by Crippen LogP contribution is -2.36. The van der Waals surface area contributed by atoms with Crippen molar-refractivity contribution in [2.75, 3.05) is 43.6 Å². The van der Waals surface area contributed by atoms with Crippen LogP contribution < -0.4 is 15.0 Å². The van der Waals surface area contributed by atoms with Crippen LogP contribution in [0.25, 0.3) is 10.2 Å². The fourth-order valence-corrected chi connectivity index (χ4v) is 4.27. The minimum atomic E-state index is -4.52. The van der Waals surface area contributed by atoms with Gasteiger partial charge in [0.1, 0.15) is 11.3 Å². The molecule has 0 saturated carbocycles. The molecule has 2 aromatic carbocycles. The topological polar surface area (TPSA) is 63.7 Å². The van der Waals surface area contributed by atoms with E-state index in [0.29, 0.717) is 24.5 Å². The number of amides is 1. The second-order valence-electron chi connectivity index (χ2n) is 6.62. The van der Waals surface area contributed by atoms with Crippen LogP contribution in [0.5, 0.6) is 5.75 Å². The number of nitrogens with zero attached hydrogens (tertiary/aromatic N) is 2. The van der Waals surface area contributed by atoms with Crippen LogP contribution in [0.2, 0.25) is 0 Å². The number of carbonyl (C=O) groups excluding carboxylic acids is 1. The summed E-state index contributed by atoms with van der Waals surface area (Å²) in [4.78, 5) is 19.2. The molecule has 0 spiro atoms. The Labute approximate surface area is 174 Å². The molecule has 1 amide bonds. The van der Waals surface area contributed by atoms with E-state index in [1.165, 1.54) is 30.6 Å². The second-order valence-corrected chi connectivity index (χ2v) is 7.61. The molecule has 1 aromatic heterocycles. The predicted octanol–water partition coefficient (Wildman–Crippen LogP) is 4.41. The third-order valence-corrected chi connectivity index (χ3v) is 5.72. The Bertz CT molecular complexity index is 1080. The number of alkyl halides is 3. The van der Waals surface area contributed by atoms with Crippen molar-refractivity contribution in [3.8, 4) is 5.75 Å². The highest BCUT2D eigenvalue weighted by molar-refractivity contribution is 7.23. The Kier molecular flexibility index (Phi) is 5.52. The van der Waals surface area contributed by atoms with Crippen LogP contribution in [-0.4, -0.2) is 44.3 Å². The van der Waals surface area contributed by atoms with Crippen LogP contribution >= 0.6 is 11.3 Å². The second kappa shape index (κ2) is 8.11. The highest BCUT2D eigenvalue weighted by atomic mass is 32.1. The van der Waals surface area contributed by atoms with Crippen molar-refractivity contribution < 1.29 is 27.4 Å². The number of methoxy groups -OCH3 is 1. The fourth-order valence-electron chi connectivity index (χ4n) is 3.25. The van der Waals surface area contributed by atoms with Crippen molar-refractivity contribution in [3.05, 3.63) is 47.5 Å². The molecular weight excluding hydrogens is 419 g/mol. The maximum absolute atomic E-state index is 12.9. The maximum Gasteiger partial charge on any atom is 0.416 e. The molecule has 0 radical (unpaired) electrons. The summed E-state index contributed by atoms with van der Waals surface area (Å²) in [5.74, 6) is -0.107. The van der Waals surface area contributed by atoms with Gasteiger partial charge in [-0.05, 0) is 30.3 Å². The number of rotatable bonds is 4. The van der Waals surface area contributed by atoms with Gasteiger partial charge in [0, 0.05) is 18.7 Å². The van der Waals surface area contributed by atoms with E-state index >= 15 is 0 Å². The highest BCUT2D eigenvalue weighted by Crippen LogP contribution is 2.39. The largest absolute Gasteiger partial charge is 0.494 e. The summed E-state index contributed by atoms with van der Waals surface area (Å²) in [6.45, 7) is 2.69. The Morgan fingerprint density at radius 3 is 2.70 bits per heavy atom. The molecule has 1 fully saturated rings. The van der Waals surface area contributed by atoms with Gasteiger partial charge in [0.25, 0.3) is 5.91 Å². The summed E-state index contributed by atoms with van der Waals surface area (Å²) in [5, 5.41) is 2.89. The Morgan fingerprint density at radius 2 is 2.00 bits per heavy atom. The molecule has 1 saturated heterocycles. The Balaban J connectivity index is 1.65. The van der Waals surface area contributed by atoms with Crippen LogP contribution in [0, 0.1) is 0 Å². The summed E-state index contributed by atoms with van der Waals surface area (Å²) in [7, 11) is 1.53. The fraction of sp³-hybridized carbons (Fsp3) is 0.300. The van der Waals surface area contributed by atoms with Crippen molar-refractivity contribution >= 4 is 38.3 Å². The molecule has 0 unspecified atom stereocenters. The SMILES string of the molecule is COc1ccc(N2CCOCC2)c2sc(NC(=O)c3cccc(C(F)(F)F)c3)nc12. The van der Waals surface area contributed by atoms with E-state index < -0.39 is 17.6 Å². The molecule has 1 aliphatic rings. The van der Waals surface area contributed by atoms with Crippen LogP contribution in [0.3, 0.4) is 0 Å². The summed E-state index contributed by atoms with van der Waals surface area (Å²) < 4.78 is 50.4.